The van der Waals surface area contributed by atoms with E-state index in [9.17, 15) is 9.90 Å². The lowest BCUT2D eigenvalue weighted by Gasteiger charge is -2.40. The van der Waals surface area contributed by atoms with Crippen LogP contribution in [0.4, 0.5) is 0 Å². The summed E-state index contributed by atoms with van der Waals surface area (Å²) in [5.41, 5.74) is 0. The highest BCUT2D eigenvalue weighted by molar-refractivity contribution is 5.69. The summed E-state index contributed by atoms with van der Waals surface area (Å²) in [6.45, 7) is 2.66. The fourth-order valence-electron chi connectivity index (χ4n) is 4.52. The lowest BCUT2D eigenvalue weighted by Crippen LogP contribution is -2.51. The zero-order valence-corrected chi connectivity index (χ0v) is 11.8. The number of nitrogens with zero attached hydrogens (tertiary/aromatic N) is 2. The molecular formula is C15H26N2O2. The van der Waals surface area contributed by atoms with Gasteiger partial charge in [-0.3, -0.25) is 14.6 Å². The topological polar surface area (TPSA) is 43.8 Å². The monoisotopic (exact) mass is 266 g/mol. The molecule has 3 fully saturated rings. The van der Waals surface area contributed by atoms with Gasteiger partial charge in [0.25, 0.3) is 0 Å². The molecule has 0 bridgehead atoms. The van der Waals surface area contributed by atoms with Crippen LogP contribution in [0.2, 0.25) is 0 Å². The van der Waals surface area contributed by atoms with Gasteiger partial charge < -0.3 is 5.11 Å². The Balaban J connectivity index is 1.72. The molecule has 3 aliphatic rings. The maximum Gasteiger partial charge on any atom is 0.317 e. The number of carboxylic acids is 1. The lowest BCUT2D eigenvalue weighted by atomic mass is 9.96. The number of rotatable bonds is 4. The summed E-state index contributed by atoms with van der Waals surface area (Å²) in [5.74, 6) is -0.652. The highest BCUT2D eigenvalue weighted by Crippen LogP contribution is 2.34. The zero-order chi connectivity index (χ0) is 13.2. The first kappa shape index (κ1) is 13.4. The van der Waals surface area contributed by atoms with Crippen molar-refractivity contribution < 1.29 is 9.90 Å². The first-order valence-corrected chi connectivity index (χ1v) is 7.97. The molecule has 0 spiro atoms. The standard InChI is InChI=1S/C15H26N2O2/c18-15(19)11-17(12-5-1-2-6-12)14-8-10-16-9-4-3-7-13(14)16/h12-14H,1-11H2,(H,18,19). The quantitative estimate of drug-likeness (QED) is 0.844. The molecule has 1 aliphatic carbocycles. The Morgan fingerprint density at radius 2 is 1.79 bits per heavy atom. The van der Waals surface area contributed by atoms with Crippen LogP contribution in [-0.2, 0) is 4.79 Å². The molecule has 0 amide bonds. The second-order valence-corrected chi connectivity index (χ2v) is 6.46. The maximum atomic E-state index is 11.2. The number of carbonyl (C=O) groups is 1. The van der Waals surface area contributed by atoms with Crippen molar-refractivity contribution in [2.24, 2.45) is 0 Å². The van der Waals surface area contributed by atoms with Crippen LogP contribution in [0.15, 0.2) is 0 Å². The average molecular weight is 266 g/mol. The Morgan fingerprint density at radius 3 is 2.53 bits per heavy atom. The summed E-state index contributed by atoms with van der Waals surface area (Å²) < 4.78 is 0. The van der Waals surface area contributed by atoms with E-state index in [1.165, 1.54) is 64.5 Å². The maximum absolute atomic E-state index is 11.2. The number of fused-ring (bicyclic) bond motifs is 1. The second-order valence-electron chi connectivity index (χ2n) is 6.46. The molecule has 2 heterocycles. The molecule has 19 heavy (non-hydrogen) atoms. The molecule has 3 rings (SSSR count). The molecule has 2 aliphatic heterocycles. The SMILES string of the molecule is O=C(O)CN(C1CCCC1)C1CCN2CCCCC12. The Morgan fingerprint density at radius 1 is 1.05 bits per heavy atom. The van der Waals surface area contributed by atoms with Crippen LogP contribution in [0.3, 0.4) is 0 Å². The van der Waals surface area contributed by atoms with E-state index in [1.54, 1.807) is 0 Å². The first-order chi connectivity index (χ1) is 9.25. The highest BCUT2D eigenvalue weighted by Gasteiger charge is 2.41. The minimum Gasteiger partial charge on any atom is -0.480 e. The van der Waals surface area contributed by atoms with Gasteiger partial charge in [-0.25, -0.2) is 0 Å². The van der Waals surface area contributed by atoms with Gasteiger partial charge in [0.15, 0.2) is 0 Å². The summed E-state index contributed by atoms with van der Waals surface area (Å²) in [5, 5.41) is 9.25. The van der Waals surface area contributed by atoms with Crippen molar-refractivity contribution in [3.05, 3.63) is 0 Å². The fraction of sp³-hybridized carbons (Fsp3) is 0.933. The van der Waals surface area contributed by atoms with Crippen LogP contribution < -0.4 is 0 Å². The van der Waals surface area contributed by atoms with Gasteiger partial charge in [0.2, 0.25) is 0 Å². The van der Waals surface area contributed by atoms with E-state index in [0.717, 1.165) is 0 Å². The van der Waals surface area contributed by atoms with E-state index in [0.29, 0.717) is 18.1 Å². The van der Waals surface area contributed by atoms with Crippen molar-refractivity contribution >= 4 is 5.97 Å². The summed E-state index contributed by atoms with van der Waals surface area (Å²) in [7, 11) is 0. The van der Waals surface area contributed by atoms with E-state index in [1.807, 2.05) is 0 Å². The van der Waals surface area contributed by atoms with Crippen LogP contribution in [0.5, 0.6) is 0 Å². The Labute approximate surface area is 115 Å². The third kappa shape index (κ3) is 2.79. The van der Waals surface area contributed by atoms with Crippen molar-refractivity contribution in [1.29, 1.82) is 0 Å². The Hall–Kier alpha value is -0.610. The minimum atomic E-state index is -0.652. The molecular weight excluding hydrogens is 240 g/mol. The molecule has 2 atom stereocenters. The number of aliphatic carboxylic acids is 1. The van der Waals surface area contributed by atoms with Crippen LogP contribution in [0.1, 0.15) is 51.4 Å². The van der Waals surface area contributed by atoms with Gasteiger partial charge in [-0.1, -0.05) is 19.3 Å². The molecule has 0 aromatic heterocycles. The van der Waals surface area contributed by atoms with E-state index < -0.39 is 5.97 Å². The summed E-state index contributed by atoms with van der Waals surface area (Å²) in [6, 6.07) is 1.66. The number of hydrogen-bond donors (Lipinski definition) is 1. The lowest BCUT2D eigenvalue weighted by molar-refractivity contribution is -0.140. The molecule has 4 nitrogen and oxygen atoms in total. The average Bonchev–Trinajstić information content (AvgIpc) is 3.05. The largest absolute Gasteiger partial charge is 0.480 e. The highest BCUT2D eigenvalue weighted by atomic mass is 16.4. The van der Waals surface area contributed by atoms with Crippen LogP contribution >= 0.6 is 0 Å². The van der Waals surface area contributed by atoms with Crippen LogP contribution in [0.25, 0.3) is 0 Å². The van der Waals surface area contributed by atoms with Crippen molar-refractivity contribution in [2.45, 2.75) is 69.5 Å². The van der Waals surface area contributed by atoms with Gasteiger partial charge in [0.1, 0.15) is 0 Å². The van der Waals surface area contributed by atoms with Crippen LogP contribution in [0, 0.1) is 0 Å². The zero-order valence-electron chi connectivity index (χ0n) is 11.8. The van der Waals surface area contributed by atoms with Crippen molar-refractivity contribution in [3.8, 4) is 0 Å². The molecule has 2 unspecified atom stereocenters. The number of hydrogen-bond acceptors (Lipinski definition) is 3. The molecule has 4 heteroatoms. The molecule has 108 valence electrons. The number of piperidine rings is 1. The van der Waals surface area contributed by atoms with Crippen molar-refractivity contribution in [1.82, 2.24) is 9.80 Å². The van der Waals surface area contributed by atoms with E-state index in [2.05, 4.69) is 9.80 Å². The fourth-order valence-corrected chi connectivity index (χ4v) is 4.52. The van der Waals surface area contributed by atoms with Gasteiger partial charge in [-0.15, -0.1) is 0 Å². The van der Waals surface area contributed by atoms with E-state index in [-0.39, 0.29) is 6.54 Å². The second kappa shape index (κ2) is 5.80. The smallest absolute Gasteiger partial charge is 0.317 e. The molecule has 0 aromatic rings. The van der Waals surface area contributed by atoms with Gasteiger partial charge in [-0.05, 0) is 38.6 Å². The summed E-state index contributed by atoms with van der Waals surface area (Å²) >= 11 is 0. The third-order valence-electron chi connectivity index (χ3n) is 5.36. The predicted molar refractivity (Wildman–Crippen MR) is 74.2 cm³/mol. The number of carboxylic acid groups (broad SMARTS) is 1. The summed E-state index contributed by atoms with van der Waals surface area (Å²) in [6.07, 6.45) is 10.1. The van der Waals surface area contributed by atoms with Gasteiger partial charge in [0.05, 0.1) is 6.54 Å². The minimum absolute atomic E-state index is 0.250. The molecule has 1 N–H and O–H groups in total. The molecule has 0 aromatic carbocycles. The Kier molecular flexibility index (Phi) is 4.08. The predicted octanol–water partition coefficient (Wildman–Crippen LogP) is 1.94. The molecule has 1 saturated carbocycles. The van der Waals surface area contributed by atoms with Crippen molar-refractivity contribution in [3.63, 3.8) is 0 Å². The van der Waals surface area contributed by atoms with E-state index in [4.69, 9.17) is 0 Å². The van der Waals surface area contributed by atoms with Crippen molar-refractivity contribution in [2.75, 3.05) is 19.6 Å². The van der Waals surface area contributed by atoms with Gasteiger partial charge >= 0.3 is 5.97 Å². The van der Waals surface area contributed by atoms with E-state index >= 15 is 0 Å². The first-order valence-electron chi connectivity index (χ1n) is 7.97. The Bertz CT molecular complexity index is 328. The van der Waals surface area contributed by atoms with Gasteiger partial charge in [-0.2, -0.15) is 0 Å². The van der Waals surface area contributed by atoms with Crippen LogP contribution in [-0.4, -0.2) is 58.6 Å². The van der Waals surface area contributed by atoms with Gasteiger partial charge in [0, 0.05) is 24.7 Å². The molecule has 2 saturated heterocycles. The molecule has 0 radical (unpaired) electrons. The normalized spacial score (nSPS) is 32.9. The third-order valence-corrected chi connectivity index (χ3v) is 5.36. The summed E-state index contributed by atoms with van der Waals surface area (Å²) in [4.78, 5) is 16.2.